The Balaban J connectivity index is 2.02. The highest BCUT2D eigenvalue weighted by Crippen LogP contribution is 2.24. The third-order valence-electron chi connectivity index (χ3n) is 5.48. The molecule has 0 spiro atoms. The van der Waals surface area contributed by atoms with Crippen LogP contribution in [0.4, 0.5) is 0 Å². The van der Waals surface area contributed by atoms with Crippen molar-refractivity contribution in [2.45, 2.75) is 38.8 Å². The van der Waals surface area contributed by atoms with E-state index >= 15 is 0 Å². The molecule has 1 atom stereocenters. The van der Waals surface area contributed by atoms with Gasteiger partial charge in [0.1, 0.15) is 26.2 Å². The van der Waals surface area contributed by atoms with Gasteiger partial charge in [-0.2, -0.15) is 0 Å². The molecule has 1 saturated heterocycles. The van der Waals surface area contributed by atoms with E-state index in [2.05, 4.69) is 73.7 Å². The van der Waals surface area contributed by atoms with E-state index in [9.17, 15) is 0 Å². The highest BCUT2D eigenvalue weighted by Gasteiger charge is 2.37. The highest BCUT2D eigenvalue weighted by molar-refractivity contribution is 5.22. The smallest absolute Gasteiger partial charge is 0.214 e. The molecule has 2 aromatic rings. The van der Waals surface area contributed by atoms with Crippen LogP contribution in [0, 0.1) is 0 Å². The fraction of sp³-hybridized carbons (Fsp3) is 0.611. The van der Waals surface area contributed by atoms with Crippen LogP contribution in [0.25, 0.3) is 0 Å². The lowest BCUT2D eigenvalue weighted by Crippen LogP contribution is -3.27. The van der Waals surface area contributed by atoms with Crippen molar-refractivity contribution in [3.63, 3.8) is 0 Å². The predicted molar refractivity (Wildman–Crippen MR) is 93.0 cm³/mol. The first-order chi connectivity index (χ1) is 11.5. The third-order valence-corrected chi connectivity index (χ3v) is 5.48. The normalized spacial score (nSPS) is 23.2. The largest absolute Gasteiger partial charge is 0.328 e. The molecule has 0 unspecified atom stereocenters. The highest BCUT2D eigenvalue weighted by atomic mass is 15.6. The van der Waals surface area contributed by atoms with Gasteiger partial charge in [0.25, 0.3) is 0 Å². The fourth-order valence-corrected chi connectivity index (χ4v) is 3.45. The van der Waals surface area contributed by atoms with E-state index in [1.807, 2.05) is 4.68 Å². The first-order valence-corrected chi connectivity index (χ1v) is 9.02. The van der Waals surface area contributed by atoms with Gasteiger partial charge in [-0.25, -0.2) is 4.68 Å². The molecule has 0 saturated carbocycles. The minimum absolute atomic E-state index is 0.0802. The number of hydrogen-bond acceptors (Lipinski definition) is 3. The molecule has 0 bridgehead atoms. The molecule has 1 aromatic heterocycles. The number of nitrogens with zero attached hydrogens (tertiary/aromatic N) is 4. The van der Waals surface area contributed by atoms with Crippen molar-refractivity contribution in [2.75, 3.05) is 33.2 Å². The van der Waals surface area contributed by atoms with Crippen molar-refractivity contribution in [2.24, 2.45) is 0 Å². The van der Waals surface area contributed by atoms with Gasteiger partial charge in [0.2, 0.25) is 5.82 Å². The van der Waals surface area contributed by atoms with Crippen molar-refractivity contribution >= 4 is 0 Å². The molecule has 0 aliphatic carbocycles. The molecule has 1 aliphatic heterocycles. The first-order valence-electron chi connectivity index (χ1n) is 9.02. The zero-order valence-electron chi connectivity index (χ0n) is 15.3. The Morgan fingerprint density at radius 1 is 1.12 bits per heavy atom. The number of quaternary nitrogens is 2. The Kier molecular flexibility index (Phi) is 4.96. The number of rotatable bonds is 5. The molecule has 0 radical (unpaired) electrons. The van der Waals surface area contributed by atoms with Gasteiger partial charge in [0.15, 0.2) is 6.04 Å². The van der Waals surface area contributed by atoms with Crippen molar-refractivity contribution in [1.82, 2.24) is 20.2 Å². The maximum atomic E-state index is 4.48. The lowest BCUT2D eigenvalue weighted by Gasteiger charge is -2.34. The Bertz CT molecular complexity index is 643. The summed E-state index contributed by atoms with van der Waals surface area (Å²) in [4.78, 5) is 3.17. The summed E-state index contributed by atoms with van der Waals surface area (Å²) in [5, 5.41) is 12.9. The molecule has 2 N–H and O–H groups in total. The van der Waals surface area contributed by atoms with E-state index in [4.69, 9.17) is 0 Å². The van der Waals surface area contributed by atoms with Crippen molar-refractivity contribution in [3.05, 3.63) is 41.7 Å². The molecule has 1 aliphatic rings. The standard InChI is InChI=1S/C18H28N6/c1-5-18(2,3)24-17(19-20-21-24)16(15-9-7-6-8-10-15)23-13-11-22(4)12-14-23/h6-10,16H,5,11-14H2,1-4H3/p+2/t16-/m0/s1. The average Bonchev–Trinajstić information content (AvgIpc) is 3.08. The van der Waals surface area contributed by atoms with Crippen LogP contribution in [-0.2, 0) is 5.54 Å². The molecule has 24 heavy (non-hydrogen) atoms. The summed E-state index contributed by atoms with van der Waals surface area (Å²) in [6.45, 7) is 11.3. The number of benzene rings is 1. The fourth-order valence-electron chi connectivity index (χ4n) is 3.45. The number of likely N-dealkylation sites (N-methyl/N-ethyl adjacent to an activating group) is 1. The van der Waals surface area contributed by atoms with Crippen LogP contribution in [0.2, 0.25) is 0 Å². The average molecular weight is 330 g/mol. The van der Waals surface area contributed by atoms with Crippen molar-refractivity contribution in [1.29, 1.82) is 0 Å². The number of nitrogens with one attached hydrogen (secondary N) is 2. The van der Waals surface area contributed by atoms with E-state index in [-0.39, 0.29) is 11.6 Å². The Labute approximate surface area is 144 Å². The zero-order chi connectivity index (χ0) is 17.2. The Morgan fingerprint density at radius 2 is 1.79 bits per heavy atom. The van der Waals surface area contributed by atoms with Crippen LogP contribution in [0.15, 0.2) is 30.3 Å². The summed E-state index contributed by atoms with van der Waals surface area (Å²) in [5.41, 5.74) is 1.22. The van der Waals surface area contributed by atoms with E-state index in [1.54, 1.807) is 9.80 Å². The van der Waals surface area contributed by atoms with Gasteiger partial charge < -0.3 is 9.80 Å². The summed E-state index contributed by atoms with van der Waals surface area (Å²) in [6.07, 6.45) is 0.995. The summed E-state index contributed by atoms with van der Waals surface area (Å²) in [7, 11) is 2.28. The molecule has 1 fully saturated rings. The van der Waals surface area contributed by atoms with Crippen molar-refractivity contribution in [3.8, 4) is 0 Å². The minimum atomic E-state index is -0.0802. The second-order valence-electron chi connectivity index (χ2n) is 7.57. The SMILES string of the molecule is CCC(C)(C)n1nnnc1[C@H](c1ccccc1)[NH+]1CC[NH+](C)CC1. The Hall–Kier alpha value is -1.79. The van der Waals surface area contributed by atoms with Gasteiger partial charge in [0.05, 0.1) is 12.6 Å². The van der Waals surface area contributed by atoms with Gasteiger partial charge in [-0.3, -0.25) is 0 Å². The van der Waals surface area contributed by atoms with E-state index < -0.39 is 0 Å². The second-order valence-corrected chi connectivity index (χ2v) is 7.57. The summed E-state index contributed by atoms with van der Waals surface area (Å²) in [6, 6.07) is 10.9. The van der Waals surface area contributed by atoms with Gasteiger partial charge in [-0.15, -0.1) is 5.10 Å². The maximum absolute atomic E-state index is 4.48. The number of aromatic nitrogens is 4. The summed E-state index contributed by atoms with van der Waals surface area (Å²) >= 11 is 0. The molecule has 3 rings (SSSR count). The van der Waals surface area contributed by atoms with E-state index in [0.717, 1.165) is 25.3 Å². The number of hydrogen-bond donors (Lipinski definition) is 2. The first kappa shape index (κ1) is 17.0. The quantitative estimate of drug-likeness (QED) is 0.764. The monoisotopic (exact) mass is 330 g/mol. The maximum Gasteiger partial charge on any atom is 0.214 e. The number of tetrazole rings is 1. The topological polar surface area (TPSA) is 52.5 Å². The van der Waals surface area contributed by atoms with Crippen LogP contribution in [0.1, 0.15) is 44.6 Å². The zero-order valence-corrected chi connectivity index (χ0v) is 15.3. The summed E-state index contributed by atoms with van der Waals surface area (Å²) < 4.78 is 2.04. The Morgan fingerprint density at radius 3 is 2.42 bits per heavy atom. The predicted octanol–water partition coefficient (Wildman–Crippen LogP) is -0.679. The molecule has 1 aromatic carbocycles. The molecule has 2 heterocycles. The molecular formula is C18H30N6+2. The lowest BCUT2D eigenvalue weighted by molar-refractivity contribution is -1.02. The van der Waals surface area contributed by atoms with Gasteiger partial charge in [-0.05, 0) is 30.7 Å². The van der Waals surface area contributed by atoms with Crippen molar-refractivity contribution < 1.29 is 9.80 Å². The minimum Gasteiger partial charge on any atom is -0.328 e. The lowest BCUT2D eigenvalue weighted by atomic mass is 9.99. The van der Waals surface area contributed by atoms with E-state index in [1.165, 1.54) is 18.7 Å². The van der Waals surface area contributed by atoms with Crippen LogP contribution < -0.4 is 9.80 Å². The number of piperazine rings is 1. The molecule has 130 valence electrons. The molecular weight excluding hydrogens is 300 g/mol. The molecule has 0 amide bonds. The third kappa shape index (κ3) is 3.35. The van der Waals surface area contributed by atoms with Crippen LogP contribution in [0.3, 0.4) is 0 Å². The van der Waals surface area contributed by atoms with Crippen LogP contribution in [-0.4, -0.2) is 53.4 Å². The van der Waals surface area contributed by atoms with Crippen LogP contribution in [0.5, 0.6) is 0 Å². The van der Waals surface area contributed by atoms with Gasteiger partial charge >= 0.3 is 0 Å². The molecule has 6 nitrogen and oxygen atoms in total. The van der Waals surface area contributed by atoms with Crippen LogP contribution >= 0.6 is 0 Å². The second kappa shape index (κ2) is 6.99. The molecule has 6 heteroatoms. The van der Waals surface area contributed by atoms with E-state index in [0.29, 0.717) is 0 Å². The summed E-state index contributed by atoms with van der Waals surface area (Å²) in [5.74, 6) is 0.989. The van der Waals surface area contributed by atoms with Gasteiger partial charge in [0, 0.05) is 5.56 Å². The van der Waals surface area contributed by atoms with Gasteiger partial charge in [-0.1, -0.05) is 37.3 Å².